The third kappa shape index (κ3) is 2.72. The smallest absolute Gasteiger partial charge is 0.289 e. The summed E-state index contributed by atoms with van der Waals surface area (Å²) in [4.78, 5) is 18.2. The van der Waals surface area contributed by atoms with Crippen LogP contribution in [-0.2, 0) is 6.54 Å². The monoisotopic (exact) mass is 264 g/mol. The SMILES string of the molecule is O=[N+]([O-])c1cccc(NCc2cnccn2)c1Cl. The number of aromatic nitrogens is 2. The quantitative estimate of drug-likeness (QED) is 0.678. The minimum absolute atomic E-state index is 0.0893. The molecule has 0 spiro atoms. The molecule has 0 saturated carbocycles. The molecule has 2 rings (SSSR count). The van der Waals surface area contributed by atoms with Gasteiger partial charge in [-0.15, -0.1) is 0 Å². The summed E-state index contributed by atoms with van der Waals surface area (Å²) in [6.45, 7) is 0.398. The maximum atomic E-state index is 10.7. The molecule has 6 nitrogen and oxygen atoms in total. The molecule has 0 amide bonds. The summed E-state index contributed by atoms with van der Waals surface area (Å²) in [5.41, 5.74) is 1.09. The van der Waals surface area contributed by atoms with Gasteiger partial charge in [-0.25, -0.2) is 0 Å². The van der Waals surface area contributed by atoms with Gasteiger partial charge in [0.25, 0.3) is 5.69 Å². The highest BCUT2D eigenvalue weighted by Crippen LogP contribution is 2.31. The third-order valence-corrected chi connectivity index (χ3v) is 2.65. The van der Waals surface area contributed by atoms with E-state index in [1.165, 1.54) is 6.07 Å². The van der Waals surface area contributed by atoms with Gasteiger partial charge in [-0.05, 0) is 6.07 Å². The zero-order valence-electron chi connectivity index (χ0n) is 9.21. The van der Waals surface area contributed by atoms with Gasteiger partial charge >= 0.3 is 0 Å². The zero-order valence-corrected chi connectivity index (χ0v) is 9.96. The molecule has 18 heavy (non-hydrogen) atoms. The van der Waals surface area contributed by atoms with Gasteiger partial charge in [0.2, 0.25) is 0 Å². The van der Waals surface area contributed by atoms with E-state index in [1.807, 2.05) is 0 Å². The molecule has 0 atom stereocenters. The molecule has 7 heteroatoms. The Hall–Kier alpha value is -2.21. The van der Waals surface area contributed by atoms with Crippen molar-refractivity contribution in [3.63, 3.8) is 0 Å². The average molecular weight is 265 g/mol. The summed E-state index contributed by atoms with van der Waals surface area (Å²) >= 11 is 5.93. The predicted molar refractivity (Wildman–Crippen MR) is 67.5 cm³/mol. The van der Waals surface area contributed by atoms with Crippen molar-refractivity contribution in [2.75, 3.05) is 5.32 Å². The topological polar surface area (TPSA) is 81.0 Å². The van der Waals surface area contributed by atoms with Crippen LogP contribution in [-0.4, -0.2) is 14.9 Å². The van der Waals surface area contributed by atoms with Crippen LogP contribution in [0.15, 0.2) is 36.8 Å². The lowest BCUT2D eigenvalue weighted by Crippen LogP contribution is -2.03. The molecule has 0 radical (unpaired) electrons. The lowest BCUT2D eigenvalue weighted by Gasteiger charge is -2.07. The second kappa shape index (κ2) is 5.42. The Balaban J connectivity index is 2.15. The Labute approximate surface area is 108 Å². The van der Waals surface area contributed by atoms with Gasteiger partial charge in [-0.1, -0.05) is 17.7 Å². The van der Waals surface area contributed by atoms with Gasteiger partial charge in [-0.2, -0.15) is 0 Å². The van der Waals surface area contributed by atoms with E-state index in [0.29, 0.717) is 12.2 Å². The van der Waals surface area contributed by atoms with Crippen LogP contribution in [0, 0.1) is 10.1 Å². The first-order chi connectivity index (χ1) is 8.68. The molecule has 0 unspecified atom stereocenters. The number of nitrogens with zero attached hydrogens (tertiary/aromatic N) is 3. The van der Waals surface area contributed by atoms with E-state index in [4.69, 9.17) is 11.6 Å². The fourth-order valence-corrected chi connectivity index (χ4v) is 1.67. The van der Waals surface area contributed by atoms with Gasteiger partial charge in [0.1, 0.15) is 5.02 Å². The molecule has 1 N–H and O–H groups in total. The minimum Gasteiger partial charge on any atom is -0.378 e. The van der Waals surface area contributed by atoms with Gasteiger partial charge in [0.15, 0.2) is 0 Å². The number of nitro benzene ring substituents is 1. The van der Waals surface area contributed by atoms with Crippen molar-refractivity contribution in [3.05, 3.63) is 57.6 Å². The van der Waals surface area contributed by atoms with Crippen molar-refractivity contribution in [2.24, 2.45) is 0 Å². The molecule has 1 heterocycles. The maximum Gasteiger partial charge on any atom is 0.289 e. The number of anilines is 1. The lowest BCUT2D eigenvalue weighted by atomic mass is 10.2. The Morgan fingerprint density at radius 1 is 1.39 bits per heavy atom. The molecular weight excluding hydrogens is 256 g/mol. The summed E-state index contributed by atoms with van der Waals surface area (Å²) in [5.74, 6) is 0. The van der Waals surface area contributed by atoms with Gasteiger partial charge in [0, 0.05) is 18.5 Å². The number of hydrogen-bond donors (Lipinski definition) is 1. The maximum absolute atomic E-state index is 10.7. The van der Waals surface area contributed by atoms with Crippen LogP contribution in [0.5, 0.6) is 0 Å². The van der Waals surface area contributed by atoms with Crippen LogP contribution in [0.3, 0.4) is 0 Å². The van der Waals surface area contributed by atoms with Crippen molar-refractivity contribution < 1.29 is 4.92 Å². The Kier molecular flexibility index (Phi) is 3.69. The van der Waals surface area contributed by atoms with Crippen molar-refractivity contribution in [2.45, 2.75) is 6.54 Å². The first-order valence-corrected chi connectivity index (χ1v) is 5.48. The standard InChI is InChI=1S/C11H9ClN4O2/c12-11-9(2-1-3-10(11)16(17)18)15-7-8-6-13-4-5-14-8/h1-6,15H,7H2. The van der Waals surface area contributed by atoms with E-state index in [0.717, 1.165) is 5.69 Å². The summed E-state index contributed by atoms with van der Waals surface area (Å²) in [5, 5.41) is 13.8. The van der Waals surface area contributed by atoms with Crippen LogP contribution in [0.4, 0.5) is 11.4 Å². The number of rotatable bonds is 4. The fraction of sp³-hybridized carbons (Fsp3) is 0.0909. The number of benzene rings is 1. The van der Waals surface area contributed by atoms with E-state index < -0.39 is 4.92 Å². The summed E-state index contributed by atoms with van der Waals surface area (Å²) in [6, 6.07) is 4.60. The molecule has 0 aliphatic carbocycles. The third-order valence-electron chi connectivity index (χ3n) is 2.25. The van der Waals surface area contributed by atoms with Crippen LogP contribution < -0.4 is 5.32 Å². The van der Waals surface area contributed by atoms with Crippen molar-refractivity contribution >= 4 is 23.0 Å². The molecule has 0 bridgehead atoms. The van der Waals surface area contributed by atoms with Gasteiger partial charge in [-0.3, -0.25) is 20.1 Å². The van der Waals surface area contributed by atoms with E-state index in [9.17, 15) is 10.1 Å². The summed E-state index contributed by atoms with van der Waals surface area (Å²) in [6.07, 6.45) is 4.76. The van der Waals surface area contributed by atoms with Crippen LogP contribution in [0.2, 0.25) is 5.02 Å². The molecule has 0 aliphatic heterocycles. The van der Waals surface area contributed by atoms with E-state index >= 15 is 0 Å². The van der Waals surface area contributed by atoms with E-state index in [-0.39, 0.29) is 10.7 Å². The number of nitrogens with one attached hydrogen (secondary N) is 1. The van der Waals surface area contributed by atoms with Crippen molar-refractivity contribution in [1.29, 1.82) is 0 Å². The number of hydrogen-bond acceptors (Lipinski definition) is 5. The molecule has 2 aromatic rings. The van der Waals surface area contributed by atoms with E-state index in [2.05, 4.69) is 15.3 Å². The minimum atomic E-state index is -0.518. The number of halogens is 1. The zero-order chi connectivity index (χ0) is 13.0. The van der Waals surface area contributed by atoms with Crippen LogP contribution >= 0.6 is 11.6 Å². The summed E-state index contributed by atoms with van der Waals surface area (Å²) in [7, 11) is 0. The average Bonchev–Trinajstić information content (AvgIpc) is 2.38. The van der Waals surface area contributed by atoms with Gasteiger partial charge < -0.3 is 5.32 Å². The van der Waals surface area contributed by atoms with Crippen LogP contribution in [0.1, 0.15) is 5.69 Å². The Morgan fingerprint density at radius 2 is 2.22 bits per heavy atom. The molecule has 0 saturated heterocycles. The largest absolute Gasteiger partial charge is 0.378 e. The van der Waals surface area contributed by atoms with Crippen LogP contribution in [0.25, 0.3) is 0 Å². The van der Waals surface area contributed by atoms with Crippen molar-refractivity contribution in [1.82, 2.24) is 9.97 Å². The first-order valence-electron chi connectivity index (χ1n) is 5.10. The second-order valence-electron chi connectivity index (χ2n) is 3.45. The normalized spacial score (nSPS) is 10.1. The Morgan fingerprint density at radius 3 is 2.89 bits per heavy atom. The highest BCUT2D eigenvalue weighted by atomic mass is 35.5. The Bertz CT molecular complexity index is 562. The predicted octanol–water partition coefficient (Wildman–Crippen LogP) is 2.65. The molecule has 0 aliphatic rings. The lowest BCUT2D eigenvalue weighted by molar-refractivity contribution is -0.384. The molecule has 1 aromatic heterocycles. The first kappa shape index (κ1) is 12.3. The second-order valence-corrected chi connectivity index (χ2v) is 3.82. The summed E-state index contributed by atoms with van der Waals surface area (Å²) < 4.78 is 0. The highest BCUT2D eigenvalue weighted by Gasteiger charge is 2.14. The van der Waals surface area contributed by atoms with Gasteiger partial charge in [0.05, 0.1) is 29.0 Å². The molecule has 0 fully saturated rings. The van der Waals surface area contributed by atoms with Crippen molar-refractivity contribution in [3.8, 4) is 0 Å². The molecule has 1 aromatic carbocycles. The number of nitro groups is 1. The fourth-order valence-electron chi connectivity index (χ4n) is 1.40. The molecular formula is C11H9ClN4O2. The highest BCUT2D eigenvalue weighted by molar-refractivity contribution is 6.35. The molecule has 92 valence electrons. The van der Waals surface area contributed by atoms with E-state index in [1.54, 1.807) is 30.7 Å².